The molecule has 114 valence electrons. The van der Waals surface area contributed by atoms with Gasteiger partial charge in [0.1, 0.15) is 10.6 Å². The van der Waals surface area contributed by atoms with Crippen LogP contribution in [-0.4, -0.2) is 25.2 Å². The largest absolute Gasteiger partial charge is 0.494 e. The van der Waals surface area contributed by atoms with Crippen molar-refractivity contribution in [2.75, 3.05) is 11.3 Å². The highest BCUT2D eigenvalue weighted by molar-refractivity contribution is 7.92. The van der Waals surface area contributed by atoms with Crippen molar-refractivity contribution in [1.29, 1.82) is 0 Å². The van der Waals surface area contributed by atoms with Gasteiger partial charge in [-0.15, -0.1) is 0 Å². The lowest BCUT2D eigenvalue weighted by Crippen LogP contribution is -2.15. The molecule has 2 aromatic rings. The second-order valence-corrected chi connectivity index (χ2v) is 6.40. The number of H-pyrrole nitrogens is 1. The van der Waals surface area contributed by atoms with E-state index in [1.807, 2.05) is 13.8 Å². The summed E-state index contributed by atoms with van der Waals surface area (Å²) >= 11 is 0. The molecular formula is C14H19N3O3S. The summed E-state index contributed by atoms with van der Waals surface area (Å²) in [5.74, 6) is 0.716. The molecule has 0 saturated carbocycles. The molecular weight excluding hydrogens is 290 g/mol. The molecule has 0 aliphatic heterocycles. The highest BCUT2D eigenvalue weighted by Crippen LogP contribution is 2.25. The number of aromatic nitrogens is 2. The van der Waals surface area contributed by atoms with E-state index in [1.165, 1.54) is 0 Å². The summed E-state index contributed by atoms with van der Waals surface area (Å²) in [6.45, 7) is 7.63. The first-order chi connectivity index (χ1) is 9.85. The molecule has 21 heavy (non-hydrogen) atoms. The molecule has 6 nitrogen and oxygen atoms in total. The minimum atomic E-state index is -3.66. The molecule has 1 aromatic carbocycles. The highest BCUT2D eigenvalue weighted by Gasteiger charge is 2.22. The SMILES string of the molecule is CCOc1ccc(NS(=O)(=O)c2c(C)n[nH]c2C)c(C)c1. The van der Waals surface area contributed by atoms with Crippen molar-refractivity contribution in [2.24, 2.45) is 0 Å². The molecule has 0 saturated heterocycles. The minimum Gasteiger partial charge on any atom is -0.494 e. The molecule has 0 radical (unpaired) electrons. The molecule has 1 heterocycles. The van der Waals surface area contributed by atoms with Gasteiger partial charge in [-0.3, -0.25) is 9.82 Å². The lowest BCUT2D eigenvalue weighted by Gasteiger charge is -2.12. The second kappa shape index (κ2) is 5.77. The monoisotopic (exact) mass is 309 g/mol. The molecule has 2 N–H and O–H groups in total. The Bertz CT molecular complexity index is 731. The van der Waals surface area contributed by atoms with Crippen molar-refractivity contribution in [2.45, 2.75) is 32.6 Å². The van der Waals surface area contributed by atoms with Crippen LogP contribution in [0, 0.1) is 20.8 Å². The Hall–Kier alpha value is -2.02. The van der Waals surface area contributed by atoms with Crippen molar-refractivity contribution < 1.29 is 13.2 Å². The molecule has 0 fully saturated rings. The molecule has 2 rings (SSSR count). The van der Waals surface area contributed by atoms with Crippen LogP contribution in [0.1, 0.15) is 23.9 Å². The van der Waals surface area contributed by atoms with Crippen LogP contribution in [-0.2, 0) is 10.0 Å². The topological polar surface area (TPSA) is 84.1 Å². The van der Waals surface area contributed by atoms with Gasteiger partial charge in [0, 0.05) is 0 Å². The summed E-state index contributed by atoms with van der Waals surface area (Å²) in [5.41, 5.74) is 2.29. The summed E-state index contributed by atoms with van der Waals surface area (Å²) < 4.78 is 32.9. The van der Waals surface area contributed by atoms with Crippen molar-refractivity contribution in [1.82, 2.24) is 10.2 Å². The van der Waals surface area contributed by atoms with E-state index in [4.69, 9.17) is 4.74 Å². The van der Waals surface area contributed by atoms with Gasteiger partial charge in [-0.1, -0.05) is 0 Å². The summed E-state index contributed by atoms with van der Waals surface area (Å²) in [6.07, 6.45) is 0. The highest BCUT2D eigenvalue weighted by atomic mass is 32.2. The van der Waals surface area contributed by atoms with Crippen LogP contribution >= 0.6 is 0 Å². The zero-order valence-electron chi connectivity index (χ0n) is 12.5. The molecule has 0 atom stereocenters. The number of benzene rings is 1. The third kappa shape index (κ3) is 3.18. The molecule has 0 aliphatic carbocycles. The molecule has 0 aliphatic rings. The molecule has 0 spiro atoms. The number of nitrogens with zero attached hydrogens (tertiary/aromatic N) is 1. The quantitative estimate of drug-likeness (QED) is 0.889. The molecule has 0 amide bonds. The van der Waals surface area contributed by atoms with Gasteiger partial charge in [0.25, 0.3) is 10.0 Å². The number of rotatable bonds is 5. The maximum absolute atomic E-state index is 12.5. The van der Waals surface area contributed by atoms with Gasteiger partial charge in [-0.25, -0.2) is 8.42 Å². The second-order valence-electron chi connectivity index (χ2n) is 4.78. The maximum Gasteiger partial charge on any atom is 0.265 e. The standard InChI is InChI=1S/C14H19N3O3S/c1-5-20-12-6-7-13(9(2)8-12)17-21(18,19)14-10(3)15-16-11(14)4/h6-8,17H,5H2,1-4H3,(H,15,16). The zero-order chi connectivity index (χ0) is 15.6. The van der Waals surface area contributed by atoms with E-state index in [9.17, 15) is 8.42 Å². The van der Waals surface area contributed by atoms with Crippen LogP contribution in [0.15, 0.2) is 23.1 Å². The molecule has 1 aromatic heterocycles. The maximum atomic E-state index is 12.5. The van der Waals surface area contributed by atoms with E-state index < -0.39 is 10.0 Å². The first-order valence-electron chi connectivity index (χ1n) is 6.63. The van der Waals surface area contributed by atoms with Crippen molar-refractivity contribution >= 4 is 15.7 Å². The van der Waals surface area contributed by atoms with Gasteiger partial charge in [-0.2, -0.15) is 5.10 Å². The number of aromatic amines is 1. The Kier molecular flexibility index (Phi) is 4.22. The van der Waals surface area contributed by atoms with Crippen molar-refractivity contribution in [3.8, 4) is 5.75 Å². The van der Waals surface area contributed by atoms with Gasteiger partial charge in [0.2, 0.25) is 0 Å². The fraction of sp³-hybridized carbons (Fsp3) is 0.357. The number of anilines is 1. The number of nitrogens with one attached hydrogen (secondary N) is 2. The molecule has 0 bridgehead atoms. The van der Waals surface area contributed by atoms with Crippen LogP contribution in [0.5, 0.6) is 5.75 Å². The van der Waals surface area contributed by atoms with Gasteiger partial charge in [-0.05, 0) is 51.5 Å². The van der Waals surface area contributed by atoms with Crippen LogP contribution in [0.25, 0.3) is 0 Å². The van der Waals surface area contributed by atoms with Gasteiger partial charge in [0.15, 0.2) is 0 Å². The van der Waals surface area contributed by atoms with Crippen LogP contribution < -0.4 is 9.46 Å². The Morgan fingerprint density at radius 2 is 2.00 bits per heavy atom. The third-order valence-electron chi connectivity index (χ3n) is 3.08. The first kappa shape index (κ1) is 15.4. The molecule has 0 unspecified atom stereocenters. The van der Waals surface area contributed by atoms with E-state index in [2.05, 4.69) is 14.9 Å². The number of sulfonamides is 1. The van der Waals surface area contributed by atoms with Crippen molar-refractivity contribution in [3.05, 3.63) is 35.2 Å². The number of ether oxygens (including phenoxy) is 1. The lowest BCUT2D eigenvalue weighted by atomic mass is 10.2. The van der Waals surface area contributed by atoms with Crippen LogP contribution in [0.3, 0.4) is 0 Å². The van der Waals surface area contributed by atoms with E-state index in [-0.39, 0.29) is 4.90 Å². The third-order valence-corrected chi connectivity index (χ3v) is 4.71. The molecule has 7 heteroatoms. The predicted octanol–water partition coefficient (Wildman–Crippen LogP) is 2.53. The number of hydrogen-bond acceptors (Lipinski definition) is 4. The smallest absolute Gasteiger partial charge is 0.265 e. The normalized spacial score (nSPS) is 11.4. The van der Waals surface area contributed by atoms with Gasteiger partial charge >= 0.3 is 0 Å². The Balaban J connectivity index is 2.33. The summed E-state index contributed by atoms with van der Waals surface area (Å²) in [4.78, 5) is 0.191. The van der Waals surface area contributed by atoms with Crippen LogP contribution in [0.2, 0.25) is 0 Å². The Morgan fingerprint density at radius 1 is 1.29 bits per heavy atom. The number of hydrogen-bond donors (Lipinski definition) is 2. The zero-order valence-corrected chi connectivity index (χ0v) is 13.3. The van der Waals surface area contributed by atoms with E-state index >= 15 is 0 Å². The van der Waals surface area contributed by atoms with Crippen molar-refractivity contribution in [3.63, 3.8) is 0 Å². The predicted molar refractivity (Wildman–Crippen MR) is 81.2 cm³/mol. The fourth-order valence-corrected chi connectivity index (χ4v) is 3.64. The summed E-state index contributed by atoms with van der Waals surface area (Å²) in [7, 11) is -3.66. The fourth-order valence-electron chi connectivity index (χ4n) is 2.14. The first-order valence-corrected chi connectivity index (χ1v) is 8.11. The average Bonchev–Trinajstić information content (AvgIpc) is 2.73. The van der Waals surface area contributed by atoms with Crippen LogP contribution in [0.4, 0.5) is 5.69 Å². The Labute approximate surface area is 124 Å². The van der Waals surface area contributed by atoms with E-state index in [1.54, 1.807) is 32.0 Å². The van der Waals surface area contributed by atoms with Gasteiger partial charge < -0.3 is 4.74 Å². The number of aryl methyl sites for hydroxylation is 3. The minimum absolute atomic E-state index is 0.191. The summed E-state index contributed by atoms with van der Waals surface area (Å²) in [5, 5.41) is 6.60. The van der Waals surface area contributed by atoms with E-state index in [0.29, 0.717) is 29.4 Å². The Morgan fingerprint density at radius 3 is 2.52 bits per heavy atom. The summed E-state index contributed by atoms with van der Waals surface area (Å²) in [6, 6.07) is 5.24. The van der Waals surface area contributed by atoms with E-state index in [0.717, 1.165) is 5.56 Å². The lowest BCUT2D eigenvalue weighted by molar-refractivity contribution is 0.340. The average molecular weight is 309 g/mol. The van der Waals surface area contributed by atoms with Gasteiger partial charge in [0.05, 0.1) is 23.7 Å².